The van der Waals surface area contributed by atoms with Crippen molar-refractivity contribution in [2.45, 2.75) is 44.2 Å². The lowest BCUT2D eigenvalue weighted by atomic mass is 10.0. The van der Waals surface area contributed by atoms with Crippen molar-refractivity contribution in [3.05, 3.63) is 12.2 Å². The maximum absolute atomic E-state index is 9.31. The summed E-state index contributed by atoms with van der Waals surface area (Å²) in [6.45, 7) is 0.775. The zero-order valence-electron chi connectivity index (χ0n) is 7.69. The second-order valence-corrected chi connectivity index (χ2v) is 3.61. The Kier molecular flexibility index (Phi) is 2.98. The Hall–Kier alpha value is -0.380. The van der Waals surface area contributed by atoms with Gasteiger partial charge in [-0.2, -0.15) is 0 Å². The van der Waals surface area contributed by atoms with Crippen molar-refractivity contribution in [2.24, 2.45) is 0 Å². The van der Waals surface area contributed by atoms with Gasteiger partial charge >= 0.3 is 0 Å². The van der Waals surface area contributed by atoms with Gasteiger partial charge < -0.3 is 14.6 Å². The van der Waals surface area contributed by atoms with Gasteiger partial charge in [0.1, 0.15) is 0 Å². The van der Waals surface area contributed by atoms with E-state index in [9.17, 15) is 5.11 Å². The van der Waals surface area contributed by atoms with E-state index in [0.29, 0.717) is 6.42 Å². The van der Waals surface area contributed by atoms with Crippen molar-refractivity contribution >= 4 is 0 Å². The average Bonchev–Trinajstić information content (AvgIpc) is 2.08. The van der Waals surface area contributed by atoms with Crippen LogP contribution < -0.4 is 0 Å². The van der Waals surface area contributed by atoms with Crippen molar-refractivity contribution < 1.29 is 14.6 Å². The molecule has 1 N–H and O–H groups in total. The Bertz CT molecular complexity index is 191. The first-order valence-corrected chi connectivity index (χ1v) is 4.96. The van der Waals surface area contributed by atoms with E-state index in [0.717, 1.165) is 25.9 Å². The van der Waals surface area contributed by atoms with E-state index in [1.54, 1.807) is 0 Å². The molecular weight excluding hydrogens is 168 g/mol. The van der Waals surface area contributed by atoms with E-state index >= 15 is 0 Å². The van der Waals surface area contributed by atoms with Crippen LogP contribution in [0.1, 0.15) is 25.7 Å². The van der Waals surface area contributed by atoms with E-state index in [4.69, 9.17) is 9.47 Å². The molecule has 1 fully saturated rings. The predicted molar refractivity (Wildman–Crippen MR) is 48.2 cm³/mol. The van der Waals surface area contributed by atoms with E-state index in [1.807, 2.05) is 0 Å². The van der Waals surface area contributed by atoms with Gasteiger partial charge in [0.05, 0.1) is 18.8 Å². The highest BCUT2D eigenvalue weighted by Crippen LogP contribution is 2.24. The molecule has 1 saturated heterocycles. The van der Waals surface area contributed by atoms with Gasteiger partial charge in [-0.15, -0.1) is 0 Å². The van der Waals surface area contributed by atoms with Gasteiger partial charge in [-0.3, -0.25) is 0 Å². The summed E-state index contributed by atoms with van der Waals surface area (Å²) >= 11 is 0. The summed E-state index contributed by atoms with van der Waals surface area (Å²) in [6.07, 6.45) is 7.36. The van der Waals surface area contributed by atoms with Gasteiger partial charge in [0, 0.05) is 6.42 Å². The fraction of sp³-hybridized carbons (Fsp3) is 0.800. The zero-order valence-corrected chi connectivity index (χ0v) is 7.69. The molecular formula is C10H16O3. The molecule has 74 valence electrons. The number of hydrogen-bond acceptors (Lipinski definition) is 3. The van der Waals surface area contributed by atoms with E-state index < -0.39 is 6.29 Å². The fourth-order valence-electron chi connectivity index (χ4n) is 1.88. The van der Waals surface area contributed by atoms with Crippen molar-refractivity contribution in [1.29, 1.82) is 0 Å². The summed E-state index contributed by atoms with van der Waals surface area (Å²) in [7, 11) is 0. The standard InChI is InChI=1S/C10H16O3/c11-10-6-5-8-9(13-10)4-2-1-3-7-12-8/h1-2,8-11H,3-7H2/b2-1-/t8-,9-,10?/m0/s1. The van der Waals surface area contributed by atoms with Gasteiger partial charge in [0.15, 0.2) is 6.29 Å². The maximum Gasteiger partial charge on any atom is 0.155 e. The fourth-order valence-corrected chi connectivity index (χ4v) is 1.88. The minimum absolute atomic E-state index is 0.0558. The highest BCUT2D eigenvalue weighted by atomic mass is 16.6. The number of ether oxygens (including phenoxy) is 2. The molecule has 0 radical (unpaired) electrons. The van der Waals surface area contributed by atoms with Crippen LogP contribution in [-0.2, 0) is 9.47 Å². The van der Waals surface area contributed by atoms with Crippen molar-refractivity contribution in [3.8, 4) is 0 Å². The van der Waals surface area contributed by atoms with Crippen LogP contribution in [0, 0.1) is 0 Å². The van der Waals surface area contributed by atoms with Crippen LogP contribution in [0.5, 0.6) is 0 Å². The van der Waals surface area contributed by atoms with Crippen LogP contribution in [0.3, 0.4) is 0 Å². The number of hydrogen-bond donors (Lipinski definition) is 1. The Morgan fingerprint density at radius 1 is 1.15 bits per heavy atom. The molecule has 3 heteroatoms. The molecule has 1 unspecified atom stereocenters. The number of aliphatic hydroxyl groups excluding tert-OH is 1. The lowest BCUT2D eigenvalue weighted by Gasteiger charge is -2.34. The smallest absolute Gasteiger partial charge is 0.155 e. The molecule has 2 aliphatic rings. The molecule has 0 aromatic rings. The van der Waals surface area contributed by atoms with Crippen LogP contribution in [0.2, 0.25) is 0 Å². The van der Waals surface area contributed by atoms with Gasteiger partial charge in [-0.25, -0.2) is 0 Å². The minimum Gasteiger partial charge on any atom is -0.375 e. The number of rotatable bonds is 0. The molecule has 0 amide bonds. The summed E-state index contributed by atoms with van der Waals surface area (Å²) in [4.78, 5) is 0. The molecule has 0 bridgehead atoms. The molecule has 2 rings (SSSR count). The molecule has 13 heavy (non-hydrogen) atoms. The summed E-state index contributed by atoms with van der Waals surface area (Å²) in [5.74, 6) is 0. The monoisotopic (exact) mass is 184 g/mol. The average molecular weight is 184 g/mol. The topological polar surface area (TPSA) is 38.7 Å². The minimum atomic E-state index is -0.585. The largest absolute Gasteiger partial charge is 0.375 e. The quantitative estimate of drug-likeness (QED) is 0.575. The molecule has 3 atom stereocenters. The van der Waals surface area contributed by atoms with Gasteiger partial charge in [0.25, 0.3) is 0 Å². The first-order valence-electron chi connectivity index (χ1n) is 4.96. The van der Waals surface area contributed by atoms with E-state index in [1.165, 1.54) is 0 Å². The molecule has 0 saturated carbocycles. The maximum atomic E-state index is 9.31. The van der Waals surface area contributed by atoms with Gasteiger partial charge in [-0.05, 0) is 19.3 Å². The molecule has 0 aliphatic carbocycles. The first-order chi connectivity index (χ1) is 6.36. The molecule has 2 aliphatic heterocycles. The SMILES string of the molecule is OC1CC[C@@H]2OCC/C=C\C[C@@H]2O1. The van der Waals surface area contributed by atoms with E-state index in [-0.39, 0.29) is 12.2 Å². The van der Waals surface area contributed by atoms with Crippen LogP contribution in [-0.4, -0.2) is 30.2 Å². The zero-order chi connectivity index (χ0) is 9.10. The van der Waals surface area contributed by atoms with Crippen LogP contribution >= 0.6 is 0 Å². The Balaban J connectivity index is 1.98. The lowest BCUT2D eigenvalue weighted by molar-refractivity contribution is -0.208. The van der Waals surface area contributed by atoms with Gasteiger partial charge in [-0.1, -0.05) is 12.2 Å². The third-order valence-electron chi connectivity index (χ3n) is 2.60. The Morgan fingerprint density at radius 2 is 2.08 bits per heavy atom. The Labute approximate surface area is 78.3 Å². The molecule has 3 nitrogen and oxygen atoms in total. The van der Waals surface area contributed by atoms with Crippen LogP contribution in [0.25, 0.3) is 0 Å². The summed E-state index contributed by atoms with van der Waals surface area (Å²) in [6, 6.07) is 0. The number of fused-ring (bicyclic) bond motifs is 1. The number of aliphatic hydroxyl groups is 1. The second-order valence-electron chi connectivity index (χ2n) is 3.61. The second kappa shape index (κ2) is 4.22. The van der Waals surface area contributed by atoms with Crippen molar-refractivity contribution in [3.63, 3.8) is 0 Å². The van der Waals surface area contributed by atoms with Crippen molar-refractivity contribution in [1.82, 2.24) is 0 Å². The summed E-state index contributed by atoms with van der Waals surface area (Å²) in [5.41, 5.74) is 0. The van der Waals surface area contributed by atoms with Gasteiger partial charge in [0.2, 0.25) is 0 Å². The van der Waals surface area contributed by atoms with Crippen LogP contribution in [0.15, 0.2) is 12.2 Å². The summed E-state index contributed by atoms with van der Waals surface area (Å²) < 4.78 is 11.1. The highest BCUT2D eigenvalue weighted by molar-refractivity contribution is 4.90. The van der Waals surface area contributed by atoms with Crippen LogP contribution in [0.4, 0.5) is 0 Å². The molecule has 0 aromatic heterocycles. The van der Waals surface area contributed by atoms with Crippen molar-refractivity contribution in [2.75, 3.05) is 6.61 Å². The molecule has 2 heterocycles. The third kappa shape index (κ3) is 2.30. The highest BCUT2D eigenvalue weighted by Gasteiger charge is 2.30. The lowest BCUT2D eigenvalue weighted by Crippen LogP contribution is -2.40. The Morgan fingerprint density at radius 3 is 3.00 bits per heavy atom. The third-order valence-corrected chi connectivity index (χ3v) is 2.60. The molecule has 0 spiro atoms. The predicted octanol–water partition coefficient (Wildman–Crippen LogP) is 1.22. The summed E-state index contributed by atoms with van der Waals surface area (Å²) in [5, 5.41) is 9.31. The molecule has 0 aromatic carbocycles. The first kappa shape index (κ1) is 9.19. The van der Waals surface area contributed by atoms with E-state index in [2.05, 4.69) is 12.2 Å². The normalized spacial score (nSPS) is 43.0.